The van der Waals surface area contributed by atoms with E-state index >= 15 is 0 Å². The first kappa shape index (κ1) is 15.0. The molecule has 0 unspecified atom stereocenters. The maximum Gasteiger partial charge on any atom is 0.229 e. The van der Waals surface area contributed by atoms with Crippen LogP contribution in [0.25, 0.3) is 5.70 Å². The van der Waals surface area contributed by atoms with E-state index in [2.05, 4.69) is 21.2 Å². The Morgan fingerprint density at radius 1 is 1.14 bits per heavy atom. The Labute approximate surface area is 134 Å². The van der Waals surface area contributed by atoms with Crippen LogP contribution in [0.3, 0.4) is 0 Å². The molecule has 0 saturated carbocycles. The number of rotatable bonds is 4. The average molecular weight is 317 g/mol. The summed E-state index contributed by atoms with van der Waals surface area (Å²) in [5, 5.41) is 0. The zero-order valence-electron chi connectivity index (χ0n) is 12.5. The lowest BCUT2D eigenvalue weighted by molar-refractivity contribution is -0.147. The van der Waals surface area contributed by atoms with Crippen LogP contribution in [0.15, 0.2) is 36.0 Å². The minimum atomic E-state index is -0.0443. The second-order valence-corrected chi connectivity index (χ2v) is 6.36. The van der Waals surface area contributed by atoms with Crippen molar-refractivity contribution in [2.24, 2.45) is 0 Å². The van der Waals surface area contributed by atoms with Crippen molar-refractivity contribution < 1.29 is 9.59 Å². The average Bonchev–Trinajstić information content (AvgIpc) is 2.88. The lowest BCUT2D eigenvalue weighted by Crippen LogP contribution is -2.40. The van der Waals surface area contributed by atoms with Gasteiger partial charge in [0.15, 0.2) is 0 Å². The Bertz CT molecular complexity index is 599. The number of likely N-dealkylation sites (tertiary alicyclic amines) is 1. The summed E-state index contributed by atoms with van der Waals surface area (Å²) in [4.78, 5) is 25.2. The van der Waals surface area contributed by atoms with Gasteiger partial charge in [0.25, 0.3) is 0 Å². The van der Waals surface area contributed by atoms with E-state index in [0.29, 0.717) is 32.2 Å². The van der Waals surface area contributed by atoms with Crippen LogP contribution in [0, 0.1) is 0 Å². The third kappa shape index (κ3) is 2.97. The quantitative estimate of drug-likeness (QED) is 0.682. The van der Waals surface area contributed by atoms with Gasteiger partial charge in [0, 0.05) is 44.1 Å². The summed E-state index contributed by atoms with van der Waals surface area (Å²) < 4.78 is 5.37. The van der Waals surface area contributed by atoms with E-state index in [1.807, 2.05) is 25.2 Å². The molecule has 22 heavy (non-hydrogen) atoms. The highest BCUT2D eigenvalue weighted by Gasteiger charge is 2.27. The molecule has 2 heterocycles. The summed E-state index contributed by atoms with van der Waals surface area (Å²) in [5.74, 6) is -0.0887. The standard InChI is InChI=1S/C16H19N3O2S/c1-18-16(12-6-3-2-4-7-12)13(17-22-18)10-11-19-14(20)8-5-9-15(19)21/h2-4,6-7,17H,5,8-11H2,1H3. The van der Waals surface area contributed by atoms with Crippen LogP contribution in [0.2, 0.25) is 0 Å². The molecule has 1 N–H and O–H groups in total. The normalized spacial score (nSPS) is 19.0. The maximum absolute atomic E-state index is 11.9. The summed E-state index contributed by atoms with van der Waals surface area (Å²) in [6, 6.07) is 10.1. The Kier molecular flexibility index (Phi) is 4.38. The number of piperidine rings is 1. The van der Waals surface area contributed by atoms with Crippen molar-refractivity contribution in [3.63, 3.8) is 0 Å². The Balaban J connectivity index is 1.76. The van der Waals surface area contributed by atoms with Crippen molar-refractivity contribution in [1.29, 1.82) is 0 Å². The zero-order valence-corrected chi connectivity index (χ0v) is 13.4. The van der Waals surface area contributed by atoms with Gasteiger partial charge < -0.3 is 4.72 Å². The highest BCUT2D eigenvalue weighted by molar-refractivity contribution is 7.95. The fraction of sp³-hybridized carbons (Fsp3) is 0.375. The topological polar surface area (TPSA) is 52.6 Å². The van der Waals surface area contributed by atoms with Gasteiger partial charge in [0.1, 0.15) is 0 Å². The van der Waals surface area contributed by atoms with Gasteiger partial charge in [-0.15, -0.1) is 0 Å². The van der Waals surface area contributed by atoms with Crippen molar-refractivity contribution in [2.75, 3.05) is 13.6 Å². The molecule has 2 aliphatic rings. The molecule has 1 saturated heterocycles. The molecule has 0 spiro atoms. The molecule has 0 aliphatic carbocycles. The minimum Gasteiger partial charge on any atom is -0.314 e. The molecular weight excluding hydrogens is 298 g/mol. The second-order valence-electron chi connectivity index (χ2n) is 5.43. The smallest absolute Gasteiger partial charge is 0.229 e. The van der Waals surface area contributed by atoms with E-state index < -0.39 is 0 Å². The van der Waals surface area contributed by atoms with Gasteiger partial charge in [-0.3, -0.25) is 18.8 Å². The van der Waals surface area contributed by atoms with Crippen molar-refractivity contribution in [3.8, 4) is 0 Å². The molecule has 3 rings (SSSR count). The lowest BCUT2D eigenvalue weighted by atomic mass is 10.1. The third-order valence-electron chi connectivity index (χ3n) is 3.92. The molecule has 1 aromatic rings. The van der Waals surface area contributed by atoms with E-state index in [0.717, 1.165) is 17.0 Å². The number of amides is 2. The Morgan fingerprint density at radius 3 is 2.50 bits per heavy atom. The van der Waals surface area contributed by atoms with Crippen molar-refractivity contribution in [2.45, 2.75) is 25.7 Å². The van der Waals surface area contributed by atoms with Crippen molar-refractivity contribution >= 4 is 29.6 Å². The summed E-state index contributed by atoms with van der Waals surface area (Å²) in [5.41, 5.74) is 3.31. The van der Waals surface area contributed by atoms with Crippen LogP contribution in [0.5, 0.6) is 0 Å². The van der Waals surface area contributed by atoms with E-state index in [4.69, 9.17) is 0 Å². The molecule has 0 atom stereocenters. The monoisotopic (exact) mass is 317 g/mol. The Morgan fingerprint density at radius 2 is 1.82 bits per heavy atom. The van der Waals surface area contributed by atoms with Gasteiger partial charge in [-0.1, -0.05) is 30.3 Å². The SMILES string of the molecule is CN1SNC(CCN2C(=O)CCCC2=O)=C1c1ccccc1. The van der Waals surface area contributed by atoms with Crippen LogP contribution >= 0.6 is 12.1 Å². The van der Waals surface area contributed by atoms with Gasteiger partial charge in [0.05, 0.1) is 17.8 Å². The van der Waals surface area contributed by atoms with Crippen LogP contribution < -0.4 is 4.72 Å². The molecule has 6 heteroatoms. The van der Waals surface area contributed by atoms with Crippen LogP contribution in [-0.2, 0) is 9.59 Å². The first-order valence-corrected chi connectivity index (χ1v) is 8.22. The van der Waals surface area contributed by atoms with Gasteiger partial charge in [-0.05, 0) is 6.42 Å². The van der Waals surface area contributed by atoms with Gasteiger partial charge >= 0.3 is 0 Å². The summed E-state index contributed by atoms with van der Waals surface area (Å²) in [7, 11) is 2.00. The van der Waals surface area contributed by atoms with E-state index in [9.17, 15) is 9.59 Å². The van der Waals surface area contributed by atoms with E-state index in [1.165, 1.54) is 17.0 Å². The fourth-order valence-electron chi connectivity index (χ4n) is 2.80. The highest BCUT2D eigenvalue weighted by atomic mass is 32.2. The molecule has 5 nitrogen and oxygen atoms in total. The number of nitrogens with one attached hydrogen (secondary N) is 1. The predicted molar refractivity (Wildman–Crippen MR) is 87.0 cm³/mol. The third-order valence-corrected chi connectivity index (χ3v) is 4.72. The zero-order chi connectivity index (χ0) is 15.5. The number of benzene rings is 1. The van der Waals surface area contributed by atoms with Crippen LogP contribution in [-0.4, -0.2) is 34.6 Å². The predicted octanol–water partition coefficient (Wildman–Crippen LogP) is 2.38. The number of carbonyl (C=O) groups excluding carboxylic acids is 2. The first-order valence-electron chi connectivity index (χ1n) is 7.45. The van der Waals surface area contributed by atoms with Gasteiger partial charge in [-0.2, -0.15) is 0 Å². The summed E-state index contributed by atoms with van der Waals surface area (Å²) in [6.45, 7) is 0.449. The van der Waals surface area contributed by atoms with Gasteiger partial charge in [0.2, 0.25) is 11.8 Å². The molecular formula is C16H19N3O2S. The van der Waals surface area contributed by atoms with Crippen molar-refractivity contribution in [1.82, 2.24) is 13.9 Å². The molecule has 116 valence electrons. The first-order chi connectivity index (χ1) is 10.7. The number of carbonyl (C=O) groups is 2. The summed E-state index contributed by atoms with van der Waals surface area (Å²) >= 11 is 1.52. The van der Waals surface area contributed by atoms with E-state index in [-0.39, 0.29) is 11.8 Å². The molecule has 2 amide bonds. The number of nitrogens with zero attached hydrogens (tertiary/aromatic N) is 2. The van der Waals surface area contributed by atoms with Crippen LogP contribution in [0.1, 0.15) is 31.2 Å². The largest absolute Gasteiger partial charge is 0.314 e. The number of imide groups is 1. The minimum absolute atomic E-state index is 0.0443. The molecule has 1 fully saturated rings. The molecule has 0 bridgehead atoms. The molecule has 0 radical (unpaired) electrons. The lowest BCUT2D eigenvalue weighted by Gasteiger charge is -2.25. The molecule has 2 aliphatic heterocycles. The van der Waals surface area contributed by atoms with E-state index in [1.54, 1.807) is 0 Å². The molecule has 0 aromatic heterocycles. The second kappa shape index (κ2) is 6.44. The molecule has 1 aromatic carbocycles. The Hall–Kier alpha value is -1.95. The van der Waals surface area contributed by atoms with Crippen molar-refractivity contribution in [3.05, 3.63) is 41.6 Å². The van der Waals surface area contributed by atoms with Crippen LogP contribution in [0.4, 0.5) is 0 Å². The number of hydrogen-bond donors (Lipinski definition) is 1. The van der Waals surface area contributed by atoms with Gasteiger partial charge in [-0.25, -0.2) is 0 Å². The fourth-order valence-corrected chi connectivity index (χ4v) is 3.55. The summed E-state index contributed by atoms with van der Waals surface area (Å²) in [6.07, 6.45) is 2.30. The number of hydrogen-bond acceptors (Lipinski definition) is 5. The maximum atomic E-state index is 11.9. The highest BCUT2D eigenvalue weighted by Crippen LogP contribution is 2.33.